The van der Waals surface area contributed by atoms with E-state index in [4.69, 9.17) is 14.2 Å². The maximum Gasteiger partial charge on any atom is 0.412 e. The van der Waals surface area contributed by atoms with Crippen LogP contribution in [0.5, 0.6) is 0 Å². The first-order chi connectivity index (χ1) is 12.5. The largest absolute Gasteiger partial charge is 0.467 e. The van der Waals surface area contributed by atoms with Gasteiger partial charge in [-0.05, 0) is 39.5 Å². The highest BCUT2D eigenvalue weighted by Crippen LogP contribution is 2.38. The number of hydrogen-bond acceptors (Lipinski definition) is 6. The Morgan fingerprint density at radius 3 is 2.41 bits per heavy atom. The molecule has 152 valence electrons. The Morgan fingerprint density at radius 2 is 1.93 bits per heavy atom. The van der Waals surface area contributed by atoms with Crippen LogP contribution in [0.15, 0.2) is 24.8 Å². The van der Waals surface area contributed by atoms with Crippen molar-refractivity contribution in [2.24, 2.45) is 5.92 Å². The van der Waals surface area contributed by atoms with Gasteiger partial charge in [0.15, 0.2) is 5.54 Å². The zero-order valence-electron chi connectivity index (χ0n) is 17.1. The molecule has 1 aliphatic rings. The third-order valence-electron chi connectivity index (χ3n) is 4.06. The Labute approximate surface area is 161 Å². The van der Waals surface area contributed by atoms with Gasteiger partial charge in [-0.3, -0.25) is 4.90 Å². The van der Waals surface area contributed by atoms with Crippen molar-refractivity contribution < 1.29 is 28.6 Å². The third-order valence-corrected chi connectivity index (χ3v) is 4.06. The van der Waals surface area contributed by atoms with E-state index in [1.54, 1.807) is 26.8 Å². The minimum Gasteiger partial charge on any atom is -0.467 e. The number of likely N-dealkylation sites (tertiary alicyclic amines) is 1. The van der Waals surface area contributed by atoms with Crippen LogP contribution < -0.4 is 0 Å². The molecule has 0 radical (unpaired) electrons. The summed E-state index contributed by atoms with van der Waals surface area (Å²) in [5, 5.41) is 0. The van der Waals surface area contributed by atoms with E-state index in [0.29, 0.717) is 19.4 Å². The van der Waals surface area contributed by atoms with Crippen LogP contribution in [0.2, 0.25) is 0 Å². The van der Waals surface area contributed by atoms with Gasteiger partial charge in [0.1, 0.15) is 5.60 Å². The van der Waals surface area contributed by atoms with E-state index in [1.165, 1.54) is 24.2 Å². The number of hydrogen-bond donors (Lipinski definition) is 0. The highest BCUT2D eigenvalue weighted by Gasteiger charge is 2.53. The summed E-state index contributed by atoms with van der Waals surface area (Å²) in [6.45, 7) is 13.1. The number of rotatable bonds is 6. The highest BCUT2D eigenvalue weighted by atomic mass is 16.6. The first-order valence-corrected chi connectivity index (χ1v) is 9.06. The van der Waals surface area contributed by atoms with Crippen molar-refractivity contribution in [3.05, 3.63) is 24.8 Å². The summed E-state index contributed by atoms with van der Waals surface area (Å²) in [6.07, 6.45) is 4.33. The molecule has 0 spiro atoms. The average Bonchev–Trinajstić information content (AvgIpc) is 2.95. The summed E-state index contributed by atoms with van der Waals surface area (Å²) in [4.78, 5) is 38.4. The van der Waals surface area contributed by atoms with Crippen LogP contribution in [-0.4, -0.2) is 53.8 Å². The van der Waals surface area contributed by atoms with E-state index in [2.05, 4.69) is 6.58 Å². The number of ether oxygens (including phenoxy) is 3. The number of esters is 2. The van der Waals surface area contributed by atoms with E-state index in [-0.39, 0.29) is 5.92 Å². The second-order valence-corrected chi connectivity index (χ2v) is 7.96. The van der Waals surface area contributed by atoms with E-state index in [1.807, 2.05) is 13.8 Å². The van der Waals surface area contributed by atoms with Gasteiger partial charge in [0.2, 0.25) is 0 Å². The lowest BCUT2D eigenvalue weighted by molar-refractivity contribution is -0.150. The van der Waals surface area contributed by atoms with E-state index >= 15 is 0 Å². The van der Waals surface area contributed by atoms with Crippen molar-refractivity contribution in [3.63, 3.8) is 0 Å². The number of carbonyl (C=O) groups excluding carboxylic acids is 3. The smallest absolute Gasteiger partial charge is 0.412 e. The summed E-state index contributed by atoms with van der Waals surface area (Å²) in [5.41, 5.74) is -2.08. The van der Waals surface area contributed by atoms with Gasteiger partial charge in [-0.25, -0.2) is 14.4 Å². The van der Waals surface area contributed by atoms with Gasteiger partial charge in [0.25, 0.3) is 0 Å². The number of nitrogens with zero attached hydrogens (tertiary/aromatic N) is 1. The lowest BCUT2D eigenvalue weighted by atomic mass is 9.97. The summed E-state index contributed by atoms with van der Waals surface area (Å²) in [5.74, 6) is -0.872. The lowest BCUT2D eigenvalue weighted by Gasteiger charge is -2.36. The molecule has 0 aliphatic carbocycles. The molecule has 7 heteroatoms. The van der Waals surface area contributed by atoms with Crippen LogP contribution >= 0.6 is 0 Å². The van der Waals surface area contributed by atoms with Crippen LogP contribution in [0.3, 0.4) is 0 Å². The molecule has 1 fully saturated rings. The van der Waals surface area contributed by atoms with Gasteiger partial charge >= 0.3 is 18.0 Å². The van der Waals surface area contributed by atoms with Crippen LogP contribution in [0, 0.1) is 5.92 Å². The van der Waals surface area contributed by atoms with Crippen LogP contribution in [0.25, 0.3) is 0 Å². The van der Waals surface area contributed by atoms with Crippen LogP contribution in [0.4, 0.5) is 4.79 Å². The normalized spacial score (nSPS) is 22.8. The molecule has 1 rings (SSSR count). The fourth-order valence-electron chi connectivity index (χ4n) is 2.85. The van der Waals surface area contributed by atoms with E-state index in [9.17, 15) is 14.4 Å². The molecule has 0 bridgehead atoms. The van der Waals surface area contributed by atoms with Gasteiger partial charge in [-0.1, -0.05) is 26.0 Å². The number of carbonyl (C=O) groups is 3. The van der Waals surface area contributed by atoms with E-state index < -0.39 is 35.2 Å². The highest BCUT2D eigenvalue weighted by molar-refractivity contribution is 5.89. The fourth-order valence-corrected chi connectivity index (χ4v) is 2.85. The molecular formula is C20H31NO6. The topological polar surface area (TPSA) is 82.1 Å². The minimum atomic E-state index is -1.34. The third kappa shape index (κ3) is 5.84. The number of methoxy groups -OCH3 is 1. The summed E-state index contributed by atoms with van der Waals surface area (Å²) in [7, 11) is 1.26. The Kier molecular flexibility index (Phi) is 7.63. The second kappa shape index (κ2) is 9.06. The standard InChI is InChI=1S/C20H31NO6/c1-8-20(17(23)25-7)12-11-15(9-10-16(22)26-13-14(2)3)21(20)18(24)27-19(4,5)6/h8-10,14-15H,1,11-13H2,2-7H3/b10-9+/t15-,20+/m0/s1. The zero-order chi connectivity index (χ0) is 20.8. The van der Waals surface area contributed by atoms with Crippen molar-refractivity contribution in [2.75, 3.05) is 13.7 Å². The van der Waals surface area contributed by atoms with Gasteiger partial charge in [0.05, 0.1) is 19.8 Å². The first-order valence-electron chi connectivity index (χ1n) is 9.06. The van der Waals surface area contributed by atoms with Crippen molar-refractivity contribution in [2.45, 2.75) is 64.6 Å². The molecule has 0 N–H and O–H groups in total. The number of amides is 1. The lowest BCUT2D eigenvalue weighted by Crippen LogP contribution is -2.55. The van der Waals surface area contributed by atoms with Gasteiger partial charge in [0, 0.05) is 6.08 Å². The predicted molar refractivity (Wildman–Crippen MR) is 101 cm³/mol. The van der Waals surface area contributed by atoms with Crippen LogP contribution in [-0.2, 0) is 23.8 Å². The summed E-state index contributed by atoms with van der Waals surface area (Å²) >= 11 is 0. The molecule has 2 atom stereocenters. The van der Waals surface area contributed by atoms with Gasteiger partial charge < -0.3 is 14.2 Å². The van der Waals surface area contributed by atoms with E-state index in [0.717, 1.165) is 0 Å². The average molecular weight is 381 g/mol. The molecule has 0 aromatic rings. The van der Waals surface area contributed by atoms with Crippen molar-refractivity contribution in [1.29, 1.82) is 0 Å². The summed E-state index contributed by atoms with van der Waals surface area (Å²) in [6, 6.07) is -0.524. The monoisotopic (exact) mass is 381 g/mol. The minimum absolute atomic E-state index is 0.222. The molecule has 27 heavy (non-hydrogen) atoms. The summed E-state index contributed by atoms with van der Waals surface area (Å²) < 4.78 is 15.5. The molecule has 1 saturated heterocycles. The Morgan fingerprint density at radius 1 is 1.30 bits per heavy atom. The molecule has 0 unspecified atom stereocenters. The van der Waals surface area contributed by atoms with Crippen molar-refractivity contribution >= 4 is 18.0 Å². The quantitative estimate of drug-likeness (QED) is 0.304. The Hall–Kier alpha value is -2.31. The molecule has 1 heterocycles. The molecule has 7 nitrogen and oxygen atoms in total. The molecule has 0 aromatic heterocycles. The molecule has 0 saturated carbocycles. The molecule has 1 amide bonds. The van der Waals surface area contributed by atoms with Crippen molar-refractivity contribution in [1.82, 2.24) is 4.90 Å². The SMILES string of the molecule is C=C[C@]1(C(=O)OC)CC[C@H](/C=C/C(=O)OCC(C)C)N1C(=O)OC(C)(C)C. The molecular weight excluding hydrogens is 350 g/mol. The molecule has 0 aromatic carbocycles. The first kappa shape index (κ1) is 22.7. The predicted octanol–water partition coefficient (Wildman–Crippen LogP) is 3.24. The Balaban J connectivity index is 3.12. The maximum absolute atomic E-state index is 12.8. The van der Waals surface area contributed by atoms with Gasteiger partial charge in [-0.2, -0.15) is 0 Å². The fraction of sp³-hybridized carbons (Fsp3) is 0.650. The zero-order valence-corrected chi connectivity index (χ0v) is 17.1. The Bertz CT molecular complexity index is 604. The van der Waals surface area contributed by atoms with Crippen LogP contribution in [0.1, 0.15) is 47.5 Å². The van der Waals surface area contributed by atoms with Gasteiger partial charge in [-0.15, -0.1) is 6.58 Å². The maximum atomic E-state index is 12.8. The van der Waals surface area contributed by atoms with Crippen molar-refractivity contribution in [3.8, 4) is 0 Å². The second-order valence-electron chi connectivity index (χ2n) is 7.96. The molecule has 1 aliphatic heterocycles.